The second-order valence-corrected chi connectivity index (χ2v) is 10.7. The van der Waals surface area contributed by atoms with Gasteiger partial charge in [0.05, 0.1) is 17.6 Å². The van der Waals surface area contributed by atoms with E-state index in [0.29, 0.717) is 43.0 Å². The van der Waals surface area contributed by atoms with Gasteiger partial charge >= 0.3 is 6.18 Å². The first-order valence-corrected chi connectivity index (χ1v) is 12.8. The normalized spacial score (nSPS) is 29.3. The average molecular weight is 504 g/mol. The molecule has 0 radical (unpaired) electrons. The predicted octanol–water partition coefficient (Wildman–Crippen LogP) is 5.19. The van der Waals surface area contributed by atoms with E-state index < -0.39 is 17.2 Å². The summed E-state index contributed by atoms with van der Waals surface area (Å²) in [7, 11) is 0. The van der Waals surface area contributed by atoms with Gasteiger partial charge in [-0.25, -0.2) is 4.39 Å². The molecule has 2 saturated carbocycles. The van der Waals surface area contributed by atoms with E-state index in [1.165, 1.54) is 12.1 Å². The van der Waals surface area contributed by atoms with Crippen molar-refractivity contribution in [3.63, 3.8) is 0 Å². The van der Waals surface area contributed by atoms with Crippen LogP contribution in [0.4, 0.5) is 17.6 Å². The number of pyridine rings is 1. The molecule has 192 valence electrons. The fourth-order valence-corrected chi connectivity index (χ4v) is 7.01. The Morgan fingerprint density at radius 3 is 2.92 bits per heavy atom. The third kappa shape index (κ3) is 4.05. The maximum atomic E-state index is 14.0. The summed E-state index contributed by atoms with van der Waals surface area (Å²) in [4.78, 5) is 19.8. The Morgan fingerprint density at radius 1 is 1.22 bits per heavy atom. The Balaban J connectivity index is 1.20. The SMILES string of the molecule is O=C(N1CCc2ncc(C(F)(F)F)cc2C1)[C@@]12CCC[C@@H]1C[C@@H](N[C@@H]1CCOc3ccc(F)cc31)C2. The summed E-state index contributed by atoms with van der Waals surface area (Å²) < 4.78 is 59.3. The number of halogens is 4. The van der Waals surface area contributed by atoms with Gasteiger partial charge in [0.2, 0.25) is 5.91 Å². The second kappa shape index (κ2) is 8.71. The lowest BCUT2D eigenvalue weighted by molar-refractivity contribution is -0.144. The fourth-order valence-electron chi connectivity index (χ4n) is 7.01. The zero-order chi connectivity index (χ0) is 25.1. The molecule has 1 aromatic carbocycles. The van der Waals surface area contributed by atoms with Crippen molar-refractivity contribution >= 4 is 5.91 Å². The lowest BCUT2D eigenvalue weighted by atomic mass is 9.78. The molecule has 4 aliphatic rings. The number of nitrogens with zero attached hydrogens (tertiary/aromatic N) is 2. The van der Waals surface area contributed by atoms with Crippen LogP contribution in [-0.2, 0) is 23.9 Å². The van der Waals surface area contributed by atoms with Gasteiger partial charge < -0.3 is 15.0 Å². The van der Waals surface area contributed by atoms with E-state index in [2.05, 4.69) is 10.3 Å². The monoisotopic (exact) mass is 503 g/mol. The van der Waals surface area contributed by atoms with E-state index in [-0.39, 0.29) is 36.3 Å². The summed E-state index contributed by atoms with van der Waals surface area (Å²) in [6, 6.07) is 5.82. The molecule has 2 aliphatic heterocycles. The minimum Gasteiger partial charge on any atom is -0.493 e. The molecule has 5 nitrogen and oxygen atoms in total. The quantitative estimate of drug-likeness (QED) is 0.586. The van der Waals surface area contributed by atoms with Crippen molar-refractivity contribution in [3.05, 3.63) is 58.7 Å². The number of alkyl halides is 3. The van der Waals surface area contributed by atoms with Crippen molar-refractivity contribution in [2.75, 3.05) is 13.2 Å². The molecule has 2 fully saturated rings. The first kappa shape index (κ1) is 23.7. The number of hydrogen-bond donors (Lipinski definition) is 1. The highest BCUT2D eigenvalue weighted by molar-refractivity contribution is 5.84. The molecule has 0 bridgehead atoms. The fraction of sp³-hybridized carbons (Fsp3) is 0.556. The Kier molecular flexibility index (Phi) is 5.74. The Hall–Kier alpha value is -2.68. The molecule has 0 saturated heterocycles. The van der Waals surface area contributed by atoms with Crippen molar-refractivity contribution < 1.29 is 27.1 Å². The topological polar surface area (TPSA) is 54.5 Å². The van der Waals surface area contributed by atoms with Crippen LogP contribution >= 0.6 is 0 Å². The van der Waals surface area contributed by atoms with Crippen molar-refractivity contribution in [1.82, 2.24) is 15.2 Å². The number of fused-ring (bicyclic) bond motifs is 3. The van der Waals surface area contributed by atoms with Crippen molar-refractivity contribution in [2.24, 2.45) is 11.3 Å². The molecule has 1 N–H and O–H groups in total. The van der Waals surface area contributed by atoms with Crippen LogP contribution < -0.4 is 10.1 Å². The van der Waals surface area contributed by atoms with Crippen molar-refractivity contribution in [3.8, 4) is 5.75 Å². The molecule has 3 heterocycles. The molecule has 0 unspecified atom stereocenters. The molecule has 2 aliphatic carbocycles. The van der Waals surface area contributed by atoms with Gasteiger partial charge in [-0.15, -0.1) is 0 Å². The molecular weight excluding hydrogens is 474 g/mol. The van der Waals surface area contributed by atoms with E-state index in [0.717, 1.165) is 49.9 Å². The third-order valence-electron chi connectivity index (χ3n) is 8.66. The van der Waals surface area contributed by atoms with E-state index in [1.807, 2.05) is 0 Å². The highest BCUT2D eigenvalue weighted by Gasteiger charge is 2.56. The summed E-state index contributed by atoms with van der Waals surface area (Å²) in [5.74, 6) is 0.712. The molecule has 9 heteroatoms. The number of nitrogens with one attached hydrogen (secondary N) is 1. The van der Waals surface area contributed by atoms with Gasteiger partial charge in [-0.3, -0.25) is 9.78 Å². The van der Waals surface area contributed by atoms with Crippen molar-refractivity contribution in [1.29, 1.82) is 0 Å². The van der Waals surface area contributed by atoms with Gasteiger partial charge in [-0.2, -0.15) is 13.2 Å². The van der Waals surface area contributed by atoms with Crippen LogP contribution in [0.25, 0.3) is 0 Å². The van der Waals surface area contributed by atoms with E-state index in [1.54, 1.807) is 11.0 Å². The molecule has 0 spiro atoms. The van der Waals surface area contributed by atoms with Crippen LogP contribution in [0, 0.1) is 17.2 Å². The molecule has 4 atom stereocenters. The van der Waals surface area contributed by atoms with Crippen LogP contribution in [0.5, 0.6) is 5.75 Å². The minimum absolute atomic E-state index is 0.0332. The van der Waals surface area contributed by atoms with Gasteiger partial charge in [0, 0.05) is 55.5 Å². The van der Waals surface area contributed by atoms with E-state index in [9.17, 15) is 22.4 Å². The number of carbonyl (C=O) groups is 1. The predicted molar refractivity (Wildman–Crippen MR) is 124 cm³/mol. The largest absolute Gasteiger partial charge is 0.493 e. The number of aromatic nitrogens is 1. The lowest BCUT2D eigenvalue weighted by Gasteiger charge is -2.37. The van der Waals surface area contributed by atoms with Gasteiger partial charge in [0.1, 0.15) is 11.6 Å². The maximum Gasteiger partial charge on any atom is 0.417 e. The van der Waals surface area contributed by atoms with E-state index >= 15 is 0 Å². The van der Waals surface area contributed by atoms with Crippen LogP contribution in [0.2, 0.25) is 0 Å². The average Bonchev–Trinajstić information content (AvgIpc) is 3.40. The van der Waals surface area contributed by atoms with Crippen LogP contribution in [0.1, 0.15) is 67.0 Å². The molecule has 2 aromatic rings. The maximum absolute atomic E-state index is 14.0. The van der Waals surface area contributed by atoms with Gasteiger partial charge in [0.25, 0.3) is 0 Å². The van der Waals surface area contributed by atoms with Crippen molar-refractivity contribution in [2.45, 2.75) is 69.8 Å². The van der Waals surface area contributed by atoms with Gasteiger partial charge in [0.15, 0.2) is 0 Å². The number of hydrogen-bond acceptors (Lipinski definition) is 4. The minimum atomic E-state index is -4.46. The summed E-state index contributed by atoms with van der Waals surface area (Å²) >= 11 is 0. The summed E-state index contributed by atoms with van der Waals surface area (Å²) in [5, 5.41) is 3.70. The zero-order valence-corrected chi connectivity index (χ0v) is 19.9. The number of amides is 1. The molecule has 1 amide bonds. The summed E-state index contributed by atoms with van der Waals surface area (Å²) in [6.45, 7) is 1.20. The highest BCUT2D eigenvalue weighted by Crippen LogP contribution is 2.56. The van der Waals surface area contributed by atoms with Gasteiger partial charge in [-0.1, -0.05) is 6.42 Å². The molecule has 6 rings (SSSR count). The Bertz CT molecular complexity index is 1190. The zero-order valence-electron chi connectivity index (χ0n) is 19.9. The van der Waals surface area contributed by atoms with Gasteiger partial charge in [-0.05, 0) is 61.4 Å². The number of carbonyl (C=O) groups excluding carboxylic acids is 1. The smallest absolute Gasteiger partial charge is 0.417 e. The molecular formula is C27H29F4N3O2. The highest BCUT2D eigenvalue weighted by atomic mass is 19.4. The Morgan fingerprint density at radius 2 is 2.08 bits per heavy atom. The number of benzene rings is 1. The van der Waals surface area contributed by atoms with E-state index in [4.69, 9.17) is 4.74 Å². The lowest BCUT2D eigenvalue weighted by Crippen LogP contribution is -2.47. The Labute approximate surface area is 207 Å². The number of ether oxygens (including phenoxy) is 1. The van der Waals surface area contributed by atoms with Crippen LogP contribution in [0.15, 0.2) is 30.5 Å². The second-order valence-electron chi connectivity index (χ2n) is 10.7. The standard InChI is InChI=1S/C27H29F4N3O2/c28-19-3-4-24-21(12-19)23(6-9-36-24)33-20-11-17-2-1-7-26(17,13-20)25(35)34-8-5-22-16(15-34)10-18(14-32-22)27(29,30)31/h3-4,10,12,14,17,20,23,33H,1-2,5-9,11,13,15H2/t17-,20-,23-,26-/m1/s1. The number of rotatable bonds is 3. The third-order valence-corrected chi connectivity index (χ3v) is 8.66. The first-order valence-electron chi connectivity index (χ1n) is 12.8. The summed E-state index contributed by atoms with van der Waals surface area (Å²) in [6.07, 6.45) is 1.96. The van der Waals surface area contributed by atoms with Crippen LogP contribution in [-0.4, -0.2) is 35.0 Å². The van der Waals surface area contributed by atoms with Crippen LogP contribution in [0.3, 0.4) is 0 Å². The summed E-state index contributed by atoms with van der Waals surface area (Å²) in [5.41, 5.74) is 0.693. The molecule has 36 heavy (non-hydrogen) atoms. The molecule has 1 aromatic heterocycles. The first-order chi connectivity index (χ1) is 17.2.